The van der Waals surface area contributed by atoms with Gasteiger partial charge in [-0.25, -0.2) is 9.78 Å². The summed E-state index contributed by atoms with van der Waals surface area (Å²) >= 11 is 0. The molecule has 1 aromatic heterocycles. The van der Waals surface area contributed by atoms with Crippen LogP contribution in [0.5, 0.6) is 5.75 Å². The lowest BCUT2D eigenvalue weighted by molar-refractivity contribution is 0.0670. The molecule has 5 nitrogen and oxygen atoms in total. The molecule has 1 aliphatic heterocycles. The van der Waals surface area contributed by atoms with E-state index in [1.54, 1.807) is 6.07 Å². The molecule has 0 unspecified atom stereocenters. The van der Waals surface area contributed by atoms with Crippen LogP contribution in [0.4, 0.5) is 0 Å². The number of pyridine rings is 1. The van der Waals surface area contributed by atoms with E-state index in [4.69, 9.17) is 14.6 Å². The van der Waals surface area contributed by atoms with Crippen LogP contribution in [0, 0.1) is 0 Å². The van der Waals surface area contributed by atoms with Gasteiger partial charge in [-0.2, -0.15) is 0 Å². The van der Waals surface area contributed by atoms with Crippen molar-refractivity contribution < 1.29 is 19.4 Å². The van der Waals surface area contributed by atoms with Gasteiger partial charge in [0, 0.05) is 6.61 Å². The predicted molar refractivity (Wildman–Crippen MR) is 55.7 cm³/mol. The fraction of sp³-hybridized carbons (Fsp3) is 0.455. The normalized spacial score (nSPS) is 19.6. The van der Waals surface area contributed by atoms with Gasteiger partial charge in [0.1, 0.15) is 18.1 Å². The third-order valence-electron chi connectivity index (χ3n) is 2.42. The lowest BCUT2D eigenvalue weighted by Gasteiger charge is -2.10. The van der Waals surface area contributed by atoms with Crippen molar-refractivity contribution >= 4 is 5.97 Å². The topological polar surface area (TPSA) is 68.7 Å². The van der Waals surface area contributed by atoms with E-state index >= 15 is 0 Å². The second-order valence-electron chi connectivity index (χ2n) is 3.63. The Bertz CT molecular complexity index is 357. The van der Waals surface area contributed by atoms with E-state index in [2.05, 4.69) is 4.98 Å². The molecule has 16 heavy (non-hydrogen) atoms. The summed E-state index contributed by atoms with van der Waals surface area (Å²) in [5.41, 5.74) is 0.0180. The van der Waals surface area contributed by atoms with Crippen LogP contribution in [0.1, 0.15) is 23.3 Å². The van der Waals surface area contributed by atoms with Gasteiger partial charge >= 0.3 is 5.97 Å². The molecule has 1 saturated heterocycles. The average molecular weight is 223 g/mol. The molecule has 1 fully saturated rings. The zero-order valence-electron chi connectivity index (χ0n) is 8.76. The maximum atomic E-state index is 10.6. The first-order chi connectivity index (χ1) is 7.75. The summed E-state index contributed by atoms with van der Waals surface area (Å²) < 4.78 is 10.8. The van der Waals surface area contributed by atoms with E-state index in [9.17, 15) is 4.79 Å². The highest BCUT2D eigenvalue weighted by atomic mass is 16.5. The van der Waals surface area contributed by atoms with E-state index in [0.29, 0.717) is 12.4 Å². The van der Waals surface area contributed by atoms with Crippen LogP contribution < -0.4 is 4.74 Å². The Labute approximate surface area is 93.0 Å². The summed E-state index contributed by atoms with van der Waals surface area (Å²) in [4.78, 5) is 14.3. The fourth-order valence-electron chi connectivity index (χ4n) is 1.56. The van der Waals surface area contributed by atoms with Crippen LogP contribution >= 0.6 is 0 Å². The molecule has 1 aromatic rings. The molecule has 86 valence electrons. The van der Waals surface area contributed by atoms with Crippen LogP contribution in [0.2, 0.25) is 0 Å². The average Bonchev–Trinajstić information content (AvgIpc) is 2.80. The van der Waals surface area contributed by atoms with Crippen molar-refractivity contribution in [2.75, 3.05) is 13.2 Å². The molecule has 0 aromatic carbocycles. The number of carboxylic acid groups (broad SMARTS) is 1. The molecule has 1 aliphatic rings. The Balaban J connectivity index is 1.87. The number of hydrogen-bond acceptors (Lipinski definition) is 4. The van der Waals surface area contributed by atoms with Crippen LogP contribution in [-0.4, -0.2) is 35.4 Å². The number of aromatic carboxylic acids is 1. The molecule has 0 spiro atoms. The van der Waals surface area contributed by atoms with Gasteiger partial charge in [0.15, 0.2) is 0 Å². The predicted octanol–water partition coefficient (Wildman–Crippen LogP) is 1.34. The molecule has 0 amide bonds. The van der Waals surface area contributed by atoms with Crippen molar-refractivity contribution in [2.45, 2.75) is 18.9 Å². The fourth-order valence-corrected chi connectivity index (χ4v) is 1.56. The summed E-state index contributed by atoms with van der Waals surface area (Å²) in [6, 6.07) is 3.03. The smallest absolute Gasteiger partial charge is 0.354 e. The SMILES string of the molecule is O=C(O)c1ccc(OC[C@@H]2CCCO2)cn1. The van der Waals surface area contributed by atoms with Crippen LogP contribution in [-0.2, 0) is 4.74 Å². The number of carbonyl (C=O) groups is 1. The second-order valence-corrected chi connectivity index (χ2v) is 3.63. The highest BCUT2D eigenvalue weighted by Crippen LogP contribution is 2.15. The summed E-state index contributed by atoms with van der Waals surface area (Å²) in [6.07, 6.45) is 3.66. The summed E-state index contributed by atoms with van der Waals surface area (Å²) in [6.45, 7) is 1.29. The molecule has 2 rings (SSSR count). The van der Waals surface area contributed by atoms with Gasteiger partial charge in [0.25, 0.3) is 0 Å². The van der Waals surface area contributed by atoms with Gasteiger partial charge in [-0.1, -0.05) is 0 Å². The monoisotopic (exact) mass is 223 g/mol. The maximum Gasteiger partial charge on any atom is 0.354 e. The number of ether oxygens (including phenoxy) is 2. The molecule has 5 heteroatoms. The second kappa shape index (κ2) is 4.94. The van der Waals surface area contributed by atoms with Crippen LogP contribution in [0.15, 0.2) is 18.3 Å². The quantitative estimate of drug-likeness (QED) is 0.834. The van der Waals surface area contributed by atoms with E-state index in [1.165, 1.54) is 12.3 Å². The maximum absolute atomic E-state index is 10.6. The van der Waals surface area contributed by atoms with Gasteiger partial charge in [0.2, 0.25) is 0 Å². The summed E-state index contributed by atoms with van der Waals surface area (Å²) in [5, 5.41) is 8.65. The van der Waals surface area contributed by atoms with Gasteiger partial charge in [-0.3, -0.25) is 0 Å². The number of aromatic nitrogens is 1. The van der Waals surface area contributed by atoms with Crippen LogP contribution in [0.25, 0.3) is 0 Å². The van der Waals surface area contributed by atoms with Crippen LogP contribution in [0.3, 0.4) is 0 Å². The highest BCUT2D eigenvalue weighted by molar-refractivity contribution is 5.85. The Morgan fingerprint density at radius 3 is 3.06 bits per heavy atom. The minimum absolute atomic E-state index is 0.0180. The lowest BCUT2D eigenvalue weighted by Crippen LogP contribution is -2.16. The van der Waals surface area contributed by atoms with Gasteiger partial charge < -0.3 is 14.6 Å². The Kier molecular flexibility index (Phi) is 3.36. The van der Waals surface area contributed by atoms with Crippen molar-refractivity contribution in [3.8, 4) is 5.75 Å². The minimum atomic E-state index is -1.04. The number of hydrogen-bond donors (Lipinski definition) is 1. The van der Waals surface area contributed by atoms with Gasteiger partial charge in [0.05, 0.1) is 12.3 Å². The van der Waals surface area contributed by atoms with E-state index in [0.717, 1.165) is 19.4 Å². The van der Waals surface area contributed by atoms with E-state index < -0.39 is 5.97 Å². The van der Waals surface area contributed by atoms with Gasteiger partial charge in [-0.05, 0) is 25.0 Å². The van der Waals surface area contributed by atoms with Crippen molar-refractivity contribution in [3.63, 3.8) is 0 Å². The largest absolute Gasteiger partial charge is 0.489 e. The molecule has 0 bridgehead atoms. The number of rotatable bonds is 4. The number of carboxylic acids is 1. The van der Waals surface area contributed by atoms with E-state index in [-0.39, 0.29) is 11.8 Å². The van der Waals surface area contributed by atoms with Crippen molar-refractivity contribution in [1.29, 1.82) is 0 Å². The molecule has 1 N–H and O–H groups in total. The molecule has 1 atom stereocenters. The third-order valence-corrected chi connectivity index (χ3v) is 2.42. The Hall–Kier alpha value is -1.62. The first kappa shape index (κ1) is 10.9. The Morgan fingerprint density at radius 1 is 1.62 bits per heavy atom. The van der Waals surface area contributed by atoms with Crippen molar-refractivity contribution in [1.82, 2.24) is 4.98 Å². The molecular weight excluding hydrogens is 210 g/mol. The van der Waals surface area contributed by atoms with Crippen molar-refractivity contribution in [3.05, 3.63) is 24.0 Å². The standard InChI is InChI=1S/C11H13NO4/c13-11(14)10-4-3-8(6-12-10)16-7-9-2-1-5-15-9/h3-4,6,9H,1-2,5,7H2,(H,13,14)/t9-/m0/s1. The molecule has 0 aliphatic carbocycles. The first-order valence-corrected chi connectivity index (χ1v) is 5.19. The summed E-state index contributed by atoms with van der Waals surface area (Å²) in [5.74, 6) is -0.467. The molecule has 0 radical (unpaired) electrons. The zero-order chi connectivity index (χ0) is 11.4. The summed E-state index contributed by atoms with van der Waals surface area (Å²) in [7, 11) is 0. The molecular formula is C11H13NO4. The first-order valence-electron chi connectivity index (χ1n) is 5.19. The number of nitrogens with zero attached hydrogens (tertiary/aromatic N) is 1. The molecule has 0 saturated carbocycles. The molecule has 2 heterocycles. The Morgan fingerprint density at radius 2 is 2.50 bits per heavy atom. The minimum Gasteiger partial charge on any atom is -0.489 e. The zero-order valence-corrected chi connectivity index (χ0v) is 8.76. The lowest BCUT2D eigenvalue weighted by atomic mass is 10.2. The van der Waals surface area contributed by atoms with Gasteiger partial charge in [-0.15, -0.1) is 0 Å². The highest BCUT2D eigenvalue weighted by Gasteiger charge is 2.16. The van der Waals surface area contributed by atoms with E-state index in [1.807, 2.05) is 0 Å². The third kappa shape index (κ3) is 2.70. The van der Waals surface area contributed by atoms with Crippen molar-refractivity contribution in [2.24, 2.45) is 0 Å².